The van der Waals surface area contributed by atoms with E-state index in [2.05, 4.69) is 41.2 Å². The van der Waals surface area contributed by atoms with E-state index < -0.39 is 0 Å². The topological polar surface area (TPSA) is 12.0 Å². The maximum atomic E-state index is 13.3. The lowest BCUT2D eigenvalue weighted by molar-refractivity contribution is 0.599. The lowest BCUT2D eigenvalue weighted by Crippen LogP contribution is -2.22. The van der Waals surface area contributed by atoms with Crippen LogP contribution in [0.15, 0.2) is 28.7 Å². The lowest BCUT2D eigenvalue weighted by Gasteiger charge is -2.18. The number of hydrogen-bond donors (Lipinski definition) is 1. The molecule has 0 saturated heterocycles. The van der Waals surface area contributed by atoms with E-state index in [1.165, 1.54) is 15.8 Å². The molecule has 0 radical (unpaired) electrons. The van der Waals surface area contributed by atoms with Crippen molar-refractivity contribution in [2.24, 2.45) is 0 Å². The van der Waals surface area contributed by atoms with Gasteiger partial charge in [-0.05, 0) is 59.6 Å². The van der Waals surface area contributed by atoms with Crippen LogP contribution in [0.3, 0.4) is 0 Å². The molecule has 0 fully saturated rings. The molecule has 20 heavy (non-hydrogen) atoms. The minimum absolute atomic E-state index is 0.0445. The van der Waals surface area contributed by atoms with Crippen molar-refractivity contribution in [3.63, 3.8) is 0 Å². The molecule has 0 aliphatic heterocycles. The Hall–Kier alpha value is -0.420. The zero-order chi connectivity index (χ0) is 14.7. The molecule has 1 unspecified atom stereocenters. The molecule has 0 saturated carbocycles. The lowest BCUT2D eigenvalue weighted by atomic mass is 10.1. The van der Waals surface area contributed by atoms with Crippen LogP contribution in [-0.4, -0.2) is 6.54 Å². The monoisotopic (exact) mass is 375 g/mol. The predicted molar refractivity (Wildman–Crippen MR) is 88.3 cm³/mol. The van der Waals surface area contributed by atoms with E-state index in [0.29, 0.717) is 0 Å². The van der Waals surface area contributed by atoms with Crippen LogP contribution in [0.2, 0.25) is 5.02 Å². The molecule has 0 amide bonds. The Kier molecular flexibility index (Phi) is 5.61. The number of thiophene rings is 1. The Morgan fingerprint density at radius 1 is 1.40 bits per heavy atom. The van der Waals surface area contributed by atoms with Gasteiger partial charge in [0.15, 0.2) is 0 Å². The largest absolute Gasteiger partial charge is 0.306 e. The number of hydrogen-bond acceptors (Lipinski definition) is 2. The molecule has 1 atom stereocenters. The van der Waals surface area contributed by atoms with Crippen LogP contribution in [0.4, 0.5) is 4.39 Å². The standard InChI is InChI=1S/C15H16BrClFNS/c1-3-6-19-15(14-8-11(16)9(2)20-14)10-4-5-13(18)12(17)7-10/h4-5,7-8,15,19H,3,6H2,1-2H3. The number of halogens is 3. The number of rotatable bonds is 5. The highest BCUT2D eigenvalue weighted by atomic mass is 79.9. The molecular formula is C15H16BrClFNS. The maximum Gasteiger partial charge on any atom is 0.141 e. The van der Waals surface area contributed by atoms with Crippen molar-refractivity contribution in [1.29, 1.82) is 0 Å². The van der Waals surface area contributed by atoms with Crippen LogP contribution < -0.4 is 5.32 Å². The molecule has 0 bridgehead atoms. The van der Waals surface area contributed by atoms with Gasteiger partial charge in [-0.3, -0.25) is 0 Å². The summed E-state index contributed by atoms with van der Waals surface area (Å²) >= 11 is 11.2. The maximum absolute atomic E-state index is 13.3. The Morgan fingerprint density at radius 3 is 2.70 bits per heavy atom. The van der Waals surface area contributed by atoms with E-state index in [-0.39, 0.29) is 16.9 Å². The van der Waals surface area contributed by atoms with E-state index >= 15 is 0 Å². The fourth-order valence-electron chi connectivity index (χ4n) is 1.99. The van der Waals surface area contributed by atoms with Crippen molar-refractivity contribution in [1.82, 2.24) is 5.32 Å². The van der Waals surface area contributed by atoms with E-state index in [1.807, 2.05) is 0 Å². The van der Waals surface area contributed by atoms with Crippen molar-refractivity contribution in [2.45, 2.75) is 26.3 Å². The first-order valence-corrected chi connectivity index (χ1v) is 8.45. The van der Waals surface area contributed by atoms with Crippen molar-refractivity contribution in [2.75, 3.05) is 6.54 Å². The molecule has 0 aliphatic carbocycles. The average molecular weight is 377 g/mol. The van der Waals surface area contributed by atoms with Gasteiger partial charge in [-0.15, -0.1) is 11.3 Å². The molecule has 2 rings (SSSR count). The second kappa shape index (κ2) is 7.03. The smallest absolute Gasteiger partial charge is 0.141 e. The zero-order valence-corrected chi connectivity index (χ0v) is 14.5. The van der Waals surface area contributed by atoms with E-state index in [4.69, 9.17) is 11.6 Å². The summed E-state index contributed by atoms with van der Waals surface area (Å²) in [6.07, 6.45) is 1.04. The van der Waals surface area contributed by atoms with Crippen LogP contribution >= 0.6 is 38.9 Å². The minimum Gasteiger partial charge on any atom is -0.306 e. The third-order valence-electron chi connectivity index (χ3n) is 3.04. The van der Waals surface area contributed by atoms with Crippen LogP contribution in [0.25, 0.3) is 0 Å². The fraction of sp³-hybridized carbons (Fsp3) is 0.333. The first kappa shape index (κ1) is 16.0. The van der Waals surface area contributed by atoms with Gasteiger partial charge in [-0.1, -0.05) is 24.6 Å². The van der Waals surface area contributed by atoms with Crippen LogP contribution in [0.1, 0.15) is 34.7 Å². The zero-order valence-electron chi connectivity index (χ0n) is 11.3. The first-order chi connectivity index (χ1) is 9.52. The summed E-state index contributed by atoms with van der Waals surface area (Å²) in [5, 5.41) is 3.66. The van der Waals surface area contributed by atoms with Gasteiger partial charge in [0.2, 0.25) is 0 Å². The summed E-state index contributed by atoms with van der Waals surface area (Å²) in [5.41, 5.74) is 0.985. The van der Waals surface area contributed by atoms with Gasteiger partial charge in [0.1, 0.15) is 5.82 Å². The Morgan fingerprint density at radius 2 is 2.15 bits per heavy atom. The van der Waals surface area contributed by atoms with Gasteiger partial charge in [0, 0.05) is 14.2 Å². The van der Waals surface area contributed by atoms with Gasteiger partial charge in [0.05, 0.1) is 11.1 Å². The summed E-state index contributed by atoms with van der Waals surface area (Å²) in [4.78, 5) is 2.43. The molecule has 0 aliphatic rings. The second-order valence-corrected chi connectivity index (χ2v) is 7.16. The van der Waals surface area contributed by atoms with Gasteiger partial charge in [-0.25, -0.2) is 4.39 Å². The van der Waals surface area contributed by atoms with Crippen LogP contribution in [0.5, 0.6) is 0 Å². The summed E-state index contributed by atoms with van der Waals surface area (Å²) in [6.45, 7) is 5.10. The van der Waals surface area contributed by atoms with Gasteiger partial charge in [0.25, 0.3) is 0 Å². The number of benzene rings is 1. The molecule has 0 spiro atoms. The summed E-state index contributed by atoms with van der Waals surface area (Å²) in [5.74, 6) is -0.381. The molecular weight excluding hydrogens is 361 g/mol. The van der Waals surface area contributed by atoms with Crippen molar-refractivity contribution in [3.8, 4) is 0 Å². The minimum atomic E-state index is -0.381. The van der Waals surface area contributed by atoms with Crippen LogP contribution in [0, 0.1) is 12.7 Å². The molecule has 1 N–H and O–H groups in total. The Balaban J connectivity index is 2.38. The summed E-state index contributed by atoms with van der Waals surface area (Å²) in [6, 6.07) is 7.08. The predicted octanol–water partition coefficient (Wildman–Crippen LogP) is 5.70. The SMILES string of the molecule is CCCNC(c1ccc(F)c(Cl)c1)c1cc(Br)c(C)s1. The van der Waals surface area contributed by atoms with Gasteiger partial charge < -0.3 is 5.32 Å². The molecule has 1 nitrogen and oxygen atoms in total. The first-order valence-electron chi connectivity index (χ1n) is 6.47. The number of nitrogens with one attached hydrogen (secondary N) is 1. The van der Waals surface area contributed by atoms with E-state index in [0.717, 1.165) is 23.0 Å². The quantitative estimate of drug-likeness (QED) is 0.705. The average Bonchev–Trinajstić information content (AvgIpc) is 2.74. The summed E-state index contributed by atoms with van der Waals surface area (Å²) < 4.78 is 14.4. The fourth-order valence-corrected chi connectivity index (χ4v) is 3.84. The molecule has 108 valence electrons. The van der Waals surface area contributed by atoms with E-state index in [9.17, 15) is 4.39 Å². The van der Waals surface area contributed by atoms with Gasteiger partial charge in [-0.2, -0.15) is 0 Å². The van der Waals surface area contributed by atoms with Crippen LogP contribution in [-0.2, 0) is 0 Å². The molecule has 1 aromatic carbocycles. The molecule has 1 aromatic heterocycles. The third-order valence-corrected chi connectivity index (χ3v) is 5.53. The number of aryl methyl sites for hydroxylation is 1. The van der Waals surface area contributed by atoms with E-state index in [1.54, 1.807) is 23.5 Å². The molecule has 1 heterocycles. The third kappa shape index (κ3) is 3.61. The highest BCUT2D eigenvalue weighted by Crippen LogP contribution is 2.34. The molecule has 5 heteroatoms. The normalized spacial score (nSPS) is 12.7. The Bertz CT molecular complexity index is 580. The molecule has 2 aromatic rings. The van der Waals surface area contributed by atoms with Crippen molar-refractivity contribution < 1.29 is 4.39 Å². The Labute approximate surface area is 136 Å². The highest BCUT2D eigenvalue weighted by Gasteiger charge is 2.18. The second-order valence-electron chi connectivity index (χ2n) is 4.61. The summed E-state index contributed by atoms with van der Waals surface area (Å²) in [7, 11) is 0. The van der Waals surface area contributed by atoms with Crippen molar-refractivity contribution in [3.05, 3.63) is 54.9 Å². The highest BCUT2D eigenvalue weighted by molar-refractivity contribution is 9.10. The van der Waals surface area contributed by atoms with Gasteiger partial charge >= 0.3 is 0 Å². The van der Waals surface area contributed by atoms with Crippen molar-refractivity contribution >= 4 is 38.9 Å².